The van der Waals surface area contributed by atoms with Gasteiger partial charge in [0.2, 0.25) is 0 Å². The van der Waals surface area contributed by atoms with E-state index in [2.05, 4.69) is 95.3 Å². The molecule has 0 saturated heterocycles. The smallest absolute Gasteiger partial charge is 0.140 e. The normalized spacial score (nSPS) is 12.3. The Morgan fingerprint density at radius 2 is 1.69 bits per heavy atom. The Balaban J connectivity index is 1.48. The van der Waals surface area contributed by atoms with Crippen LogP contribution in [0, 0.1) is 0 Å². The van der Waals surface area contributed by atoms with E-state index in [4.69, 9.17) is 0 Å². The van der Waals surface area contributed by atoms with Gasteiger partial charge in [-0.3, -0.25) is 0 Å². The number of benzene rings is 2. The van der Waals surface area contributed by atoms with E-state index in [0.29, 0.717) is 0 Å². The molecule has 0 bridgehead atoms. The summed E-state index contributed by atoms with van der Waals surface area (Å²) in [6.07, 6.45) is 1.88. The third kappa shape index (κ3) is 3.91. The van der Waals surface area contributed by atoms with Crippen LogP contribution in [0.2, 0.25) is 0 Å². The number of hydrogen-bond donors (Lipinski definition) is 1. The molecule has 2 heterocycles. The van der Waals surface area contributed by atoms with Crippen LogP contribution in [0.1, 0.15) is 25.0 Å². The molecule has 4 aromatic rings. The van der Waals surface area contributed by atoms with Crippen molar-refractivity contribution in [3.63, 3.8) is 0 Å². The zero-order chi connectivity index (χ0) is 20.4. The van der Waals surface area contributed by atoms with Crippen molar-refractivity contribution < 1.29 is 0 Å². The summed E-state index contributed by atoms with van der Waals surface area (Å²) < 4.78 is 2.35. The molecular formula is C25H30N4. The van der Waals surface area contributed by atoms with E-state index in [0.717, 1.165) is 25.3 Å². The highest BCUT2D eigenvalue weighted by molar-refractivity contribution is 6.06. The zero-order valence-electron chi connectivity index (χ0n) is 17.8. The van der Waals surface area contributed by atoms with E-state index in [9.17, 15) is 0 Å². The molecule has 0 aliphatic carbocycles. The van der Waals surface area contributed by atoms with Gasteiger partial charge >= 0.3 is 0 Å². The molecule has 0 amide bonds. The van der Waals surface area contributed by atoms with Crippen molar-refractivity contribution in [3.05, 3.63) is 78.0 Å². The Labute approximate surface area is 173 Å². The molecule has 0 spiro atoms. The number of pyridine rings is 1. The highest BCUT2D eigenvalue weighted by Crippen LogP contribution is 2.27. The molecule has 0 unspecified atom stereocenters. The number of rotatable bonds is 7. The Kier molecular flexibility index (Phi) is 5.39. The molecule has 29 heavy (non-hydrogen) atoms. The first-order chi connectivity index (χ1) is 14.0. The van der Waals surface area contributed by atoms with Crippen LogP contribution in [-0.4, -0.2) is 35.1 Å². The Hall–Kier alpha value is -2.69. The summed E-state index contributed by atoms with van der Waals surface area (Å²) in [5, 5.41) is 5.87. The van der Waals surface area contributed by atoms with Crippen molar-refractivity contribution in [2.24, 2.45) is 0 Å². The monoisotopic (exact) mass is 386 g/mol. The lowest BCUT2D eigenvalue weighted by molar-refractivity contribution is 0.314. The number of nitrogens with zero attached hydrogens (tertiary/aromatic N) is 3. The average Bonchev–Trinajstić information content (AvgIpc) is 3.06. The summed E-state index contributed by atoms with van der Waals surface area (Å²) in [4.78, 5) is 7.04. The number of hydrogen-bond acceptors (Lipinski definition) is 3. The van der Waals surface area contributed by atoms with E-state index in [-0.39, 0.29) is 5.54 Å². The minimum atomic E-state index is -0.00599. The SMILES string of the molecule is CNC(C)(C)c1ccc(CN(C)CCn2c3ccccc3c3cccnc32)cc1. The van der Waals surface area contributed by atoms with Crippen molar-refractivity contribution in [2.45, 2.75) is 32.5 Å². The molecule has 0 aliphatic heterocycles. The predicted octanol–water partition coefficient (Wildman–Crippen LogP) is 4.78. The maximum absolute atomic E-state index is 4.66. The second-order valence-corrected chi connectivity index (χ2v) is 8.35. The van der Waals surface area contributed by atoms with Crippen molar-refractivity contribution in [1.82, 2.24) is 19.8 Å². The van der Waals surface area contributed by atoms with Gasteiger partial charge in [0.15, 0.2) is 0 Å². The topological polar surface area (TPSA) is 33.1 Å². The first kappa shape index (κ1) is 19.6. The second-order valence-electron chi connectivity index (χ2n) is 8.35. The number of para-hydroxylation sites is 1. The van der Waals surface area contributed by atoms with E-state index in [1.807, 2.05) is 19.3 Å². The van der Waals surface area contributed by atoms with E-state index < -0.39 is 0 Å². The molecule has 1 N–H and O–H groups in total. The van der Waals surface area contributed by atoms with Crippen molar-refractivity contribution in [2.75, 3.05) is 20.6 Å². The fourth-order valence-electron chi connectivity index (χ4n) is 3.93. The number of aromatic nitrogens is 2. The van der Waals surface area contributed by atoms with Gasteiger partial charge in [-0.2, -0.15) is 0 Å². The van der Waals surface area contributed by atoms with Crippen LogP contribution < -0.4 is 5.32 Å². The molecule has 0 atom stereocenters. The van der Waals surface area contributed by atoms with Crippen LogP contribution in [0.4, 0.5) is 0 Å². The molecule has 4 heteroatoms. The fraction of sp³-hybridized carbons (Fsp3) is 0.320. The van der Waals surface area contributed by atoms with Crippen LogP contribution in [0.25, 0.3) is 21.9 Å². The highest BCUT2D eigenvalue weighted by Gasteiger charge is 2.17. The van der Waals surface area contributed by atoms with E-state index in [1.54, 1.807) is 0 Å². The lowest BCUT2D eigenvalue weighted by atomic mass is 9.94. The highest BCUT2D eigenvalue weighted by atomic mass is 15.1. The molecule has 150 valence electrons. The maximum atomic E-state index is 4.66. The first-order valence-corrected chi connectivity index (χ1v) is 10.3. The van der Waals surface area contributed by atoms with Crippen molar-refractivity contribution in [1.29, 1.82) is 0 Å². The molecule has 2 aromatic carbocycles. The third-order valence-corrected chi connectivity index (χ3v) is 5.99. The van der Waals surface area contributed by atoms with Crippen molar-refractivity contribution >= 4 is 21.9 Å². The third-order valence-electron chi connectivity index (χ3n) is 5.99. The Morgan fingerprint density at radius 1 is 0.966 bits per heavy atom. The summed E-state index contributed by atoms with van der Waals surface area (Å²) in [7, 11) is 4.19. The van der Waals surface area contributed by atoms with Gasteiger partial charge in [-0.15, -0.1) is 0 Å². The largest absolute Gasteiger partial charge is 0.324 e. The molecule has 0 saturated carbocycles. The molecule has 4 nitrogen and oxygen atoms in total. The zero-order valence-corrected chi connectivity index (χ0v) is 17.8. The van der Waals surface area contributed by atoms with Crippen LogP contribution in [0.5, 0.6) is 0 Å². The van der Waals surface area contributed by atoms with Gasteiger partial charge in [0.25, 0.3) is 0 Å². The Bertz CT molecular complexity index is 1060. The quantitative estimate of drug-likeness (QED) is 0.496. The van der Waals surface area contributed by atoms with E-state index >= 15 is 0 Å². The molecular weight excluding hydrogens is 356 g/mol. The van der Waals surface area contributed by atoms with E-state index in [1.165, 1.54) is 27.4 Å². The molecule has 0 fully saturated rings. The summed E-state index contributed by atoms with van der Waals surface area (Å²) in [5.74, 6) is 0. The van der Waals surface area contributed by atoms with Gasteiger partial charge in [-0.25, -0.2) is 4.98 Å². The van der Waals surface area contributed by atoms with Gasteiger partial charge in [-0.1, -0.05) is 42.5 Å². The summed E-state index contributed by atoms with van der Waals surface area (Å²) in [5.41, 5.74) is 4.97. The predicted molar refractivity (Wildman–Crippen MR) is 122 cm³/mol. The Morgan fingerprint density at radius 3 is 2.45 bits per heavy atom. The van der Waals surface area contributed by atoms with Crippen LogP contribution in [-0.2, 0) is 18.6 Å². The number of likely N-dealkylation sites (N-methyl/N-ethyl adjacent to an activating group) is 1. The summed E-state index contributed by atoms with van der Waals surface area (Å²) in [6.45, 7) is 7.23. The first-order valence-electron chi connectivity index (χ1n) is 10.3. The summed E-state index contributed by atoms with van der Waals surface area (Å²) in [6, 6.07) is 21.7. The molecule has 4 rings (SSSR count). The standard InChI is InChI=1S/C25H30N4/c1-25(2,26-3)20-13-11-19(12-14-20)18-28(4)16-17-29-23-10-6-5-8-21(23)22-9-7-15-27-24(22)29/h5-15,26H,16-18H2,1-4H3. The minimum Gasteiger partial charge on any atom is -0.324 e. The fourth-order valence-corrected chi connectivity index (χ4v) is 3.93. The van der Waals surface area contributed by atoms with Crippen LogP contribution in [0.15, 0.2) is 66.9 Å². The summed E-state index contributed by atoms with van der Waals surface area (Å²) >= 11 is 0. The number of fused-ring (bicyclic) bond motifs is 3. The molecule has 2 aromatic heterocycles. The lowest BCUT2D eigenvalue weighted by Crippen LogP contribution is -2.33. The van der Waals surface area contributed by atoms with Crippen molar-refractivity contribution in [3.8, 4) is 0 Å². The van der Waals surface area contributed by atoms with Gasteiger partial charge in [0.1, 0.15) is 5.65 Å². The average molecular weight is 387 g/mol. The van der Waals surface area contributed by atoms with Gasteiger partial charge in [-0.05, 0) is 57.3 Å². The maximum Gasteiger partial charge on any atom is 0.140 e. The van der Waals surface area contributed by atoms with Crippen LogP contribution in [0.3, 0.4) is 0 Å². The van der Waals surface area contributed by atoms with Gasteiger partial charge in [0, 0.05) is 42.1 Å². The lowest BCUT2D eigenvalue weighted by Gasteiger charge is -2.25. The second kappa shape index (κ2) is 7.97. The molecule has 0 aliphatic rings. The number of nitrogens with one attached hydrogen (secondary N) is 1. The molecule has 0 radical (unpaired) electrons. The van der Waals surface area contributed by atoms with Crippen LogP contribution >= 0.6 is 0 Å². The van der Waals surface area contributed by atoms with Gasteiger partial charge in [0.05, 0.1) is 5.52 Å². The van der Waals surface area contributed by atoms with Gasteiger partial charge < -0.3 is 14.8 Å². The minimum absolute atomic E-state index is 0.00599.